The third-order valence-electron chi connectivity index (χ3n) is 8.73. The van der Waals surface area contributed by atoms with Crippen molar-refractivity contribution < 1.29 is 28.2 Å². The molecule has 2 saturated heterocycles. The molecule has 0 amide bonds. The highest BCUT2D eigenvalue weighted by Gasteiger charge is 2.45. The molecule has 40 heavy (non-hydrogen) atoms. The van der Waals surface area contributed by atoms with Gasteiger partial charge in [0.2, 0.25) is 0 Å². The van der Waals surface area contributed by atoms with E-state index in [9.17, 15) is 4.79 Å². The number of hydrogen-bond acceptors (Lipinski definition) is 6. The van der Waals surface area contributed by atoms with Crippen molar-refractivity contribution in [1.82, 2.24) is 0 Å². The molecular formula is C33H52O6Si. The van der Waals surface area contributed by atoms with Crippen LogP contribution in [0.25, 0.3) is 0 Å². The molecule has 6 nitrogen and oxygen atoms in total. The second kappa shape index (κ2) is 15.0. The van der Waals surface area contributed by atoms with Gasteiger partial charge in [0.15, 0.2) is 14.1 Å². The quantitative estimate of drug-likeness (QED) is 0.140. The Bertz CT molecular complexity index is 937. The monoisotopic (exact) mass is 572 g/mol. The summed E-state index contributed by atoms with van der Waals surface area (Å²) in [5.41, 5.74) is 0. The maximum Gasteiger partial charge on any atom is 0.312 e. The molecule has 3 aliphatic rings. The van der Waals surface area contributed by atoms with Gasteiger partial charge >= 0.3 is 5.97 Å². The second-order valence-electron chi connectivity index (χ2n) is 12.1. The number of hydrogen-bond donors (Lipinski definition) is 0. The molecule has 2 fully saturated rings. The number of ether oxygens (including phenoxy) is 4. The smallest absolute Gasteiger partial charge is 0.312 e. The Labute approximate surface area is 244 Å². The summed E-state index contributed by atoms with van der Waals surface area (Å²) in [6, 6.07) is 3.04. The van der Waals surface area contributed by atoms with Gasteiger partial charge in [-0.05, 0) is 64.6 Å². The van der Waals surface area contributed by atoms with Crippen LogP contribution in [0.4, 0.5) is 0 Å². The van der Waals surface area contributed by atoms with E-state index in [0.717, 1.165) is 43.8 Å². The third-order valence-corrected chi connectivity index (χ3v) is 13.4. The molecule has 0 N–H and O–H groups in total. The average molecular weight is 573 g/mol. The first-order chi connectivity index (χ1) is 19.1. The lowest BCUT2D eigenvalue weighted by atomic mass is 9.92. The Morgan fingerprint density at radius 1 is 1.05 bits per heavy atom. The first kappa shape index (κ1) is 32.8. The summed E-state index contributed by atoms with van der Waals surface area (Å²) in [7, 11) is -2.04. The summed E-state index contributed by atoms with van der Waals surface area (Å²) in [5, 5.41) is 0. The Morgan fingerprint density at radius 2 is 1.70 bits per heavy atom. The molecule has 0 aromatic rings. The fourth-order valence-electron chi connectivity index (χ4n) is 5.99. The fraction of sp³-hybridized carbons (Fsp3) is 0.727. The van der Waals surface area contributed by atoms with Crippen molar-refractivity contribution in [3.63, 3.8) is 0 Å². The van der Waals surface area contributed by atoms with Crippen LogP contribution in [0.15, 0.2) is 36.5 Å². The number of esters is 1. The summed E-state index contributed by atoms with van der Waals surface area (Å²) in [4.78, 5) is 13.4. The van der Waals surface area contributed by atoms with Gasteiger partial charge in [0, 0.05) is 12.3 Å². The standard InChI is InChI=1S/C33H52O6Si/c1-9-17-24(5)30-31(39-40(10-2,11-3)12-4)29-23-22-26(35-29)19-14-16-21-28-27(37-33(7,8)38-28)20-15-13-18-25(6)32(34)36-30/h1,13,15-16,18,20-21,24-31H,10-12,14,17,19,22-23H2,2-8H3/b18-13?,20-15+,21-16+/t24-,25+,26+,27-,28-,29+,30?,31-/m1/s1. The van der Waals surface area contributed by atoms with Gasteiger partial charge in [-0.15, -0.1) is 12.3 Å². The van der Waals surface area contributed by atoms with Gasteiger partial charge in [0.25, 0.3) is 0 Å². The lowest BCUT2D eigenvalue weighted by Crippen LogP contribution is -2.52. The molecule has 0 aromatic heterocycles. The van der Waals surface area contributed by atoms with Crippen LogP contribution in [0.3, 0.4) is 0 Å². The highest BCUT2D eigenvalue weighted by Crippen LogP contribution is 2.36. The predicted molar refractivity (Wildman–Crippen MR) is 162 cm³/mol. The maximum absolute atomic E-state index is 13.4. The van der Waals surface area contributed by atoms with Crippen LogP contribution in [0.1, 0.15) is 80.6 Å². The minimum Gasteiger partial charge on any atom is -0.459 e. The van der Waals surface area contributed by atoms with Gasteiger partial charge in [-0.2, -0.15) is 0 Å². The molecule has 3 heterocycles. The summed E-state index contributed by atoms with van der Waals surface area (Å²) >= 11 is 0. The van der Waals surface area contributed by atoms with E-state index in [1.165, 1.54) is 0 Å². The molecule has 0 aromatic carbocycles. The molecule has 3 aliphatic heterocycles. The predicted octanol–water partition coefficient (Wildman–Crippen LogP) is 7.11. The van der Waals surface area contributed by atoms with Crippen LogP contribution in [0.5, 0.6) is 0 Å². The van der Waals surface area contributed by atoms with Crippen molar-refractivity contribution in [3.8, 4) is 12.3 Å². The zero-order valence-corrected chi connectivity index (χ0v) is 26.8. The zero-order chi connectivity index (χ0) is 29.3. The van der Waals surface area contributed by atoms with Crippen LogP contribution in [-0.4, -0.2) is 56.7 Å². The average Bonchev–Trinajstić information content (AvgIpc) is 3.51. The Balaban J connectivity index is 1.94. The van der Waals surface area contributed by atoms with E-state index < -0.39 is 26.1 Å². The van der Waals surface area contributed by atoms with Crippen molar-refractivity contribution in [1.29, 1.82) is 0 Å². The number of carbonyl (C=O) groups excluding carboxylic acids is 1. The third kappa shape index (κ3) is 8.66. The molecule has 0 radical (unpaired) electrons. The molecule has 0 aliphatic carbocycles. The first-order valence-electron chi connectivity index (χ1n) is 15.4. The van der Waals surface area contributed by atoms with Crippen molar-refractivity contribution in [3.05, 3.63) is 36.5 Å². The van der Waals surface area contributed by atoms with Crippen LogP contribution >= 0.6 is 0 Å². The van der Waals surface area contributed by atoms with Gasteiger partial charge in [-0.1, -0.05) is 64.2 Å². The van der Waals surface area contributed by atoms with E-state index >= 15 is 0 Å². The highest BCUT2D eigenvalue weighted by atomic mass is 28.4. The minimum absolute atomic E-state index is 0.0525. The molecule has 224 valence electrons. The highest BCUT2D eigenvalue weighted by molar-refractivity contribution is 6.73. The van der Waals surface area contributed by atoms with Crippen molar-refractivity contribution in [2.75, 3.05) is 0 Å². The van der Waals surface area contributed by atoms with Crippen LogP contribution in [-0.2, 0) is 28.2 Å². The number of terminal acetylenes is 1. The van der Waals surface area contributed by atoms with Crippen molar-refractivity contribution in [2.45, 2.75) is 141 Å². The van der Waals surface area contributed by atoms with E-state index in [-0.39, 0.29) is 42.4 Å². The Kier molecular flexibility index (Phi) is 12.3. The van der Waals surface area contributed by atoms with Crippen molar-refractivity contribution >= 4 is 14.3 Å². The van der Waals surface area contributed by atoms with Gasteiger partial charge in [0.05, 0.1) is 18.1 Å². The normalized spacial score (nSPS) is 35.5. The Hall–Kier alpha value is -1.69. The molecule has 7 heteroatoms. The van der Waals surface area contributed by atoms with Gasteiger partial charge in [0.1, 0.15) is 24.4 Å². The number of rotatable bonds is 7. The molecule has 0 spiro atoms. The number of allylic oxidation sites excluding steroid dienone is 3. The van der Waals surface area contributed by atoms with E-state index in [0.29, 0.717) is 6.42 Å². The summed E-state index contributed by atoms with van der Waals surface area (Å²) < 4.78 is 32.3. The molecule has 2 bridgehead atoms. The molecule has 0 saturated carbocycles. The Morgan fingerprint density at radius 3 is 2.35 bits per heavy atom. The minimum atomic E-state index is -2.04. The topological polar surface area (TPSA) is 63.2 Å². The number of cyclic esters (lactones) is 1. The lowest BCUT2D eigenvalue weighted by molar-refractivity contribution is -0.168. The van der Waals surface area contributed by atoms with Gasteiger partial charge in [-0.25, -0.2) is 0 Å². The number of fused-ring (bicyclic) bond motifs is 3. The SMILES string of the molecule is C#CC[C@@H](C)C1OC(=O)[C@@H](C)C=C/C=C/[C@H]2OC(C)(C)O[C@@H]2/C=C/CC[C@H]2CC[C@H](O2)[C@H]1O[Si](CC)(CC)CC. The molecular weight excluding hydrogens is 520 g/mol. The molecule has 3 rings (SSSR count). The zero-order valence-electron chi connectivity index (χ0n) is 25.8. The van der Waals surface area contributed by atoms with E-state index in [1.807, 2.05) is 45.1 Å². The van der Waals surface area contributed by atoms with Crippen LogP contribution < -0.4 is 0 Å². The van der Waals surface area contributed by atoms with Gasteiger partial charge < -0.3 is 23.4 Å². The first-order valence-corrected chi connectivity index (χ1v) is 17.9. The fourth-order valence-corrected chi connectivity index (χ4v) is 8.85. The van der Waals surface area contributed by atoms with Crippen LogP contribution in [0.2, 0.25) is 18.1 Å². The second-order valence-corrected chi connectivity index (χ2v) is 16.8. The summed E-state index contributed by atoms with van der Waals surface area (Å²) in [5.74, 6) is 1.37. The van der Waals surface area contributed by atoms with Gasteiger partial charge in [-0.3, -0.25) is 4.79 Å². The maximum atomic E-state index is 13.4. The van der Waals surface area contributed by atoms with E-state index in [2.05, 4.69) is 45.8 Å². The lowest BCUT2D eigenvalue weighted by Gasteiger charge is -2.41. The van der Waals surface area contributed by atoms with Crippen LogP contribution in [0, 0.1) is 24.2 Å². The molecule has 1 unspecified atom stereocenters. The summed E-state index contributed by atoms with van der Waals surface area (Å²) in [6.07, 6.45) is 20.7. The number of carbonyl (C=O) groups is 1. The largest absolute Gasteiger partial charge is 0.459 e. The molecule has 8 atom stereocenters. The summed E-state index contributed by atoms with van der Waals surface area (Å²) in [6.45, 7) is 14.5. The van der Waals surface area contributed by atoms with E-state index in [4.69, 9.17) is 29.8 Å². The van der Waals surface area contributed by atoms with Crippen molar-refractivity contribution in [2.24, 2.45) is 11.8 Å². The van der Waals surface area contributed by atoms with E-state index in [1.54, 1.807) is 0 Å².